The van der Waals surface area contributed by atoms with Gasteiger partial charge in [0.1, 0.15) is 5.69 Å². The van der Waals surface area contributed by atoms with Crippen molar-refractivity contribution in [1.82, 2.24) is 14.5 Å². The Hall–Kier alpha value is -2.50. The summed E-state index contributed by atoms with van der Waals surface area (Å²) < 4.78 is 1.46. The molecular weight excluding hydrogens is 232 g/mol. The van der Waals surface area contributed by atoms with Gasteiger partial charge in [-0.05, 0) is 12.1 Å². The fraction of sp³-hybridized carbons (Fsp3) is 0.167. The van der Waals surface area contributed by atoms with Gasteiger partial charge in [-0.3, -0.25) is 14.6 Å². The molecule has 0 N–H and O–H groups in total. The third kappa shape index (κ3) is 2.00. The van der Waals surface area contributed by atoms with E-state index in [1.54, 1.807) is 38.6 Å². The lowest BCUT2D eigenvalue weighted by atomic mass is 10.3. The summed E-state index contributed by atoms with van der Waals surface area (Å²) in [4.78, 5) is 32.2. The monoisotopic (exact) mass is 244 g/mol. The first-order chi connectivity index (χ1) is 8.65. The quantitative estimate of drug-likeness (QED) is 0.752. The second-order valence-electron chi connectivity index (χ2n) is 3.75. The van der Waals surface area contributed by atoms with Crippen LogP contribution in [0.15, 0.2) is 30.7 Å². The number of carbonyl (C=O) groups is 2. The number of amides is 1. The average molecular weight is 244 g/mol. The molecule has 0 fully saturated rings. The first-order valence-corrected chi connectivity index (χ1v) is 5.30. The van der Waals surface area contributed by atoms with Crippen molar-refractivity contribution in [3.05, 3.63) is 42.2 Å². The van der Waals surface area contributed by atoms with Crippen molar-refractivity contribution in [1.29, 1.82) is 0 Å². The maximum absolute atomic E-state index is 12.2. The zero-order chi connectivity index (χ0) is 13.1. The van der Waals surface area contributed by atoms with Crippen molar-refractivity contribution in [2.75, 3.05) is 11.9 Å². The molecule has 0 aliphatic rings. The highest BCUT2D eigenvalue weighted by Crippen LogP contribution is 2.13. The first kappa shape index (κ1) is 12.0. The SMILES string of the molecule is CN(C(=O)c1cnc(C=O)n1C)c1cccnc1. The number of aromatic nitrogens is 3. The zero-order valence-electron chi connectivity index (χ0n) is 10.1. The van der Waals surface area contributed by atoms with Crippen LogP contribution in [0.2, 0.25) is 0 Å². The summed E-state index contributed by atoms with van der Waals surface area (Å²) in [6, 6.07) is 3.53. The van der Waals surface area contributed by atoms with E-state index in [0.717, 1.165) is 0 Å². The van der Waals surface area contributed by atoms with Gasteiger partial charge in [-0.1, -0.05) is 0 Å². The predicted octanol–water partition coefficient (Wildman–Crippen LogP) is 0.904. The van der Waals surface area contributed by atoms with E-state index in [1.807, 2.05) is 0 Å². The van der Waals surface area contributed by atoms with Crippen LogP contribution in [0.1, 0.15) is 21.1 Å². The third-order valence-electron chi connectivity index (χ3n) is 2.69. The summed E-state index contributed by atoms with van der Waals surface area (Å²) in [7, 11) is 3.27. The topological polar surface area (TPSA) is 68.1 Å². The summed E-state index contributed by atoms with van der Waals surface area (Å²) in [5.74, 6) is -0.0240. The molecule has 0 aromatic carbocycles. The van der Waals surface area contributed by atoms with Crippen molar-refractivity contribution in [3.63, 3.8) is 0 Å². The van der Waals surface area contributed by atoms with Gasteiger partial charge in [0.15, 0.2) is 12.1 Å². The van der Waals surface area contributed by atoms with E-state index in [0.29, 0.717) is 17.7 Å². The van der Waals surface area contributed by atoms with Gasteiger partial charge in [0.2, 0.25) is 0 Å². The molecule has 0 unspecified atom stereocenters. The van der Waals surface area contributed by atoms with Crippen molar-refractivity contribution in [2.24, 2.45) is 7.05 Å². The highest BCUT2D eigenvalue weighted by Gasteiger charge is 2.18. The standard InChI is InChI=1S/C12H12N4O2/c1-15(9-4-3-5-13-6-9)12(18)10-7-14-11(8-17)16(10)2/h3-8H,1-2H3. The summed E-state index contributed by atoms with van der Waals surface area (Å²) >= 11 is 0. The maximum atomic E-state index is 12.2. The highest BCUT2D eigenvalue weighted by molar-refractivity contribution is 6.04. The maximum Gasteiger partial charge on any atom is 0.276 e. The van der Waals surface area contributed by atoms with E-state index >= 15 is 0 Å². The number of rotatable bonds is 3. The first-order valence-electron chi connectivity index (χ1n) is 5.30. The zero-order valence-corrected chi connectivity index (χ0v) is 10.1. The molecule has 2 aromatic rings. The summed E-state index contributed by atoms with van der Waals surface area (Å²) in [6.45, 7) is 0. The largest absolute Gasteiger partial charge is 0.321 e. The minimum atomic E-state index is -0.244. The highest BCUT2D eigenvalue weighted by atomic mass is 16.2. The van der Waals surface area contributed by atoms with Crippen molar-refractivity contribution >= 4 is 17.9 Å². The number of nitrogens with zero attached hydrogens (tertiary/aromatic N) is 4. The number of hydrogen-bond acceptors (Lipinski definition) is 4. The molecule has 0 radical (unpaired) electrons. The predicted molar refractivity (Wildman–Crippen MR) is 65.6 cm³/mol. The van der Waals surface area contributed by atoms with Gasteiger partial charge in [0.05, 0.1) is 18.1 Å². The molecular formula is C12H12N4O2. The number of aldehydes is 1. The van der Waals surface area contributed by atoms with Crippen LogP contribution in [0.3, 0.4) is 0 Å². The van der Waals surface area contributed by atoms with Crippen LogP contribution < -0.4 is 4.90 Å². The summed E-state index contributed by atoms with van der Waals surface area (Å²) in [6.07, 6.45) is 5.23. The molecule has 0 aliphatic heterocycles. The minimum absolute atomic E-state index is 0.220. The molecule has 6 heteroatoms. The Labute approximate surface area is 104 Å². The number of imidazole rings is 1. The fourth-order valence-corrected chi connectivity index (χ4v) is 1.57. The van der Waals surface area contributed by atoms with Crippen LogP contribution in [0, 0.1) is 0 Å². The van der Waals surface area contributed by atoms with Gasteiger partial charge in [0, 0.05) is 20.3 Å². The summed E-state index contributed by atoms with van der Waals surface area (Å²) in [5, 5.41) is 0. The van der Waals surface area contributed by atoms with Crippen molar-refractivity contribution in [3.8, 4) is 0 Å². The number of anilines is 1. The van der Waals surface area contributed by atoms with E-state index in [-0.39, 0.29) is 11.7 Å². The van der Waals surface area contributed by atoms with Gasteiger partial charge >= 0.3 is 0 Å². The molecule has 92 valence electrons. The molecule has 0 aliphatic carbocycles. The van der Waals surface area contributed by atoms with Crippen LogP contribution in [0.5, 0.6) is 0 Å². The van der Waals surface area contributed by atoms with Gasteiger partial charge in [-0.2, -0.15) is 0 Å². The second-order valence-corrected chi connectivity index (χ2v) is 3.75. The molecule has 0 saturated carbocycles. The van der Waals surface area contributed by atoms with E-state index < -0.39 is 0 Å². The lowest BCUT2D eigenvalue weighted by Gasteiger charge is -2.16. The van der Waals surface area contributed by atoms with Gasteiger partial charge in [0.25, 0.3) is 5.91 Å². The molecule has 2 rings (SSSR count). The van der Waals surface area contributed by atoms with Crippen LogP contribution in [0.25, 0.3) is 0 Å². The van der Waals surface area contributed by atoms with E-state index in [9.17, 15) is 9.59 Å². The molecule has 1 amide bonds. The molecule has 0 spiro atoms. The van der Waals surface area contributed by atoms with E-state index in [2.05, 4.69) is 9.97 Å². The van der Waals surface area contributed by atoms with Crippen LogP contribution in [-0.2, 0) is 7.05 Å². The number of carbonyl (C=O) groups excluding carboxylic acids is 2. The number of pyridine rings is 1. The smallest absolute Gasteiger partial charge is 0.276 e. The summed E-state index contributed by atoms with van der Waals surface area (Å²) in [5.41, 5.74) is 1.03. The normalized spacial score (nSPS) is 10.1. The number of hydrogen-bond donors (Lipinski definition) is 0. The van der Waals surface area contributed by atoms with Gasteiger partial charge in [-0.15, -0.1) is 0 Å². The van der Waals surface area contributed by atoms with E-state index in [4.69, 9.17) is 0 Å². The molecule has 6 nitrogen and oxygen atoms in total. The van der Waals surface area contributed by atoms with Crippen LogP contribution in [0.4, 0.5) is 5.69 Å². The lowest BCUT2D eigenvalue weighted by Crippen LogP contribution is -2.28. The van der Waals surface area contributed by atoms with Gasteiger partial charge < -0.3 is 9.47 Å². The Morgan fingerprint density at radius 1 is 1.44 bits per heavy atom. The minimum Gasteiger partial charge on any atom is -0.321 e. The molecule has 18 heavy (non-hydrogen) atoms. The Balaban J connectivity index is 2.31. The van der Waals surface area contributed by atoms with Crippen LogP contribution in [-0.4, -0.2) is 33.8 Å². The molecule has 0 atom stereocenters. The Morgan fingerprint density at radius 2 is 2.22 bits per heavy atom. The molecule has 0 saturated heterocycles. The Bertz CT molecular complexity index is 577. The second kappa shape index (κ2) is 4.79. The van der Waals surface area contributed by atoms with Crippen molar-refractivity contribution in [2.45, 2.75) is 0 Å². The Morgan fingerprint density at radius 3 is 2.78 bits per heavy atom. The van der Waals surface area contributed by atoms with Gasteiger partial charge in [-0.25, -0.2) is 4.98 Å². The lowest BCUT2D eigenvalue weighted by molar-refractivity contribution is 0.0985. The van der Waals surface area contributed by atoms with Crippen molar-refractivity contribution < 1.29 is 9.59 Å². The van der Waals surface area contributed by atoms with Crippen LogP contribution >= 0.6 is 0 Å². The molecule has 0 bridgehead atoms. The molecule has 2 aromatic heterocycles. The molecule has 2 heterocycles. The fourth-order valence-electron chi connectivity index (χ4n) is 1.57. The third-order valence-corrected chi connectivity index (χ3v) is 2.69. The average Bonchev–Trinajstić information content (AvgIpc) is 2.79. The Kier molecular flexibility index (Phi) is 3.18. The van der Waals surface area contributed by atoms with E-state index in [1.165, 1.54) is 15.7 Å².